The Morgan fingerprint density at radius 1 is 1.15 bits per heavy atom. The number of carbonyl (C=O) groups excluding carboxylic acids is 1. The topological polar surface area (TPSA) is 37.3 Å². The molecule has 0 radical (unpaired) electrons. The number of fused-ring (bicyclic) bond motifs is 1. The van der Waals surface area contributed by atoms with Crippen molar-refractivity contribution in [3.05, 3.63) is 70.5 Å². The molecule has 2 aromatic carbocycles. The van der Waals surface area contributed by atoms with Gasteiger partial charge in [0.25, 0.3) is 0 Å². The van der Waals surface area contributed by atoms with Crippen LogP contribution in [0.2, 0.25) is 0 Å². The maximum atomic E-state index is 12.9. The van der Waals surface area contributed by atoms with Gasteiger partial charge in [-0.25, -0.2) is 4.39 Å². The van der Waals surface area contributed by atoms with E-state index in [4.69, 9.17) is 0 Å². The lowest BCUT2D eigenvalue weighted by molar-refractivity contribution is -0.108. The summed E-state index contributed by atoms with van der Waals surface area (Å²) in [7, 11) is 0. The molecule has 3 heteroatoms. The minimum atomic E-state index is -0.331. The number of benzene rings is 2. The molecule has 1 N–H and O–H groups in total. The van der Waals surface area contributed by atoms with Crippen molar-refractivity contribution < 1.29 is 14.3 Å². The molecule has 1 aliphatic carbocycles. The van der Waals surface area contributed by atoms with E-state index in [-0.39, 0.29) is 17.5 Å². The van der Waals surface area contributed by atoms with Crippen LogP contribution in [0.25, 0.3) is 6.08 Å². The molecule has 100 valence electrons. The van der Waals surface area contributed by atoms with Crippen molar-refractivity contribution in [2.75, 3.05) is 0 Å². The maximum Gasteiger partial charge on any atom is 0.131 e. The van der Waals surface area contributed by atoms with E-state index in [0.29, 0.717) is 6.42 Å². The Labute approximate surface area is 116 Å². The quantitative estimate of drug-likeness (QED) is 0.847. The Bertz CT molecular complexity index is 687. The number of aldehydes is 1. The number of phenols is 1. The summed E-state index contributed by atoms with van der Waals surface area (Å²) in [5, 5.41) is 9.87. The van der Waals surface area contributed by atoms with Crippen LogP contribution in [0, 0.1) is 5.82 Å². The number of hydrogen-bond acceptors (Lipinski definition) is 2. The third kappa shape index (κ3) is 2.11. The Morgan fingerprint density at radius 2 is 1.90 bits per heavy atom. The molecule has 0 aromatic heterocycles. The number of aromatic hydroxyl groups is 1. The highest BCUT2D eigenvalue weighted by Gasteiger charge is 2.28. The van der Waals surface area contributed by atoms with Gasteiger partial charge in [0.1, 0.15) is 17.9 Å². The van der Waals surface area contributed by atoms with Gasteiger partial charge >= 0.3 is 0 Å². The molecule has 0 bridgehead atoms. The van der Waals surface area contributed by atoms with Crippen LogP contribution in [0.4, 0.5) is 4.39 Å². The number of allylic oxidation sites excluding steroid dienone is 1. The first-order valence-corrected chi connectivity index (χ1v) is 6.41. The zero-order chi connectivity index (χ0) is 14.1. The smallest absolute Gasteiger partial charge is 0.131 e. The standard InChI is InChI=1S/C17H13FO2/c18-13-6-4-11(5-7-13)8-12-9-15-14(16(12)10-19)2-1-3-17(15)20/h1-8,10,16,20H,9H2/b12-8+. The molecule has 2 nitrogen and oxygen atoms in total. The normalized spacial score (nSPS) is 19.1. The molecule has 0 spiro atoms. The zero-order valence-electron chi connectivity index (χ0n) is 10.7. The predicted molar refractivity (Wildman–Crippen MR) is 75.0 cm³/mol. The molecular formula is C17H13FO2. The number of hydrogen-bond donors (Lipinski definition) is 1. The molecule has 1 unspecified atom stereocenters. The van der Waals surface area contributed by atoms with Gasteiger partial charge in [0.15, 0.2) is 0 Å². The molecule has 20 heavy (non-hydrogen) atoms. The zero-order valence-corrected chi connectivity index (χ0v) is 10.7. The van der Waals surface area contributed by atoms with Gasteiger partial charge in [0.2, 0.25) is 0 Å². The molecule has 2 aromatic rings. The second-order valence-electron chi connectivity index (χ2n) is 4.91. The Balaban J connectivity index is 2.02. The highest BCUT2D eigenvalue weighted by Crippen LogP contribution is 2.41. The van der Waals surface area contributed by atoms with Gasteiger partial charge < -0.3 is 9.90 Å². The van der Waals surface area contributed by atoms with Crippen LogP contribution in [0.1, 0.15) is 22.6 Å². The van der Waals surface area contributed by atoms with Crippen LogP contribution in [0.15, 0.2) is 48.0 Å². The predicted octanol–water partition coefficient (Wildman–Crippen LogP) is 3.45. The minimum absolute atomic E-state index is 0.219. The van der Waals surface area contributed by atoms with Crippen molar-refractivity contribution in [2.24, 2.45) is 0 Å². The molecule has 0 saturated heterocycles. The number of phenolic OH excluding ortho intramolecular Hbond substituents is 1. The van der Waals surface area contributed by atoms with Crippen LogP contribution in [0.5, 0.6) is 5.75 Å². The summed E-state index contributed by atoms with van der Waals surface area (Å²) in [5.74, 6) is -0.398. The first-order chi connectivity index (χ1) is 9.69. The van der Waals surface area contributed by atoms with Gasteiger partial charge in [-0.15, -0.1) is 0 Å². The van der Waals surface area contributed by atoms with Gasteiger partial charge in [0, 0.05) is 5.56 Å². The van der Waals surface area contributed by atoms with E-state index >= 15 is 0 Å². The number of rotatable bonds is 2. The number of halogens is 1. The highest BCUT2D eigenvalue weighted by atomic mass is 19.1. The fourth-order valence-electron chi connectivity index (χ4n) is 2.66. The summed E-state index contributed by atoms with van der Waals surface area (Å²) < 4.78 is 12.9. The summed E-state index contributed by atoms with van der Waals surface area (Å²) in [4.78, 5) is 11.4. The Kier molecular flexibility index (Phi) is 3.11. The second-order valence-corrected chi connectivity index (χ2v) is 4.91. The van der Waals surface area contributed by atoms with Gasteiger partial charge in [-0.1, -0.05) is 35.9 Å². The first-order valence-electron chi connectivity index (χ1n) is 6.41. The lowest BCUT2D eigenvalue weighted by Gasteiger charge is -2.05. The molecule has 1 atom stereocenters. The summed E-state index contributed by atoms with van der Waals surface area (Å²) in [5.41, 5.74) is 3.43. The molecular weight excluding hydrogens is 255 g/mol. The molecule has 0 aliphatic heterocycles. The molecule has 0 heterocycles. The van der Waals surface area contributed by atoms with Crippen LogP contribution in [-0.4, -0.2) is 11.4 Å². The van der Waals surface area contributed by atoms with E-state index in [9.17, 15) is 14.3 Å². The van der Waals surface area contributed by atoms with Crippen molar-refractivity contribution in [2.45, 2.75) is 12.3 Å². The molecule has 0 saturated carbocycles. The van der Waals surface area contributed by atoms with Crippen LogP contribution in [-0.2, 0) is 11.2 Å². The summed E-state index contributed by atoms with van der Waals surface area (Å²) >= 11 is 0. The summed E-state index contributed by atoms with van der Waals surface area (Å²) in [6.07, 6.45) is 3.32. The van der Waals surface area contributed by atoms with E-state index < -0.39 is 0 Å². The highest BCUT2D eigenvalue weighted by molar-refractivity contribution is 5.77. The van der Waals surface area contributed by atoms with Crippen LogP contribution < -0.4 is 0 Å². The first kappa shape index (κ1) is 12.6. The van der Waals surface area contributed by atoms with Crippen molar-refractivity contribution in [1.29, 1.82) is 0 Å². The van der Waals surface area contributed by atoms with E-state index in [1.807, 2.05) is 12.1 Å². The van der Waals surface area contributed by atoms with E-state index in [1.54, 1.807) is 24.3 Å². The van der Waals surface area contributed by atoms with Crippen LogP contribution >= 0.6 is 0 Å². The fourth-order valence-corrected chi connectivity index (χ4v) is 2.66. The van der Waals surface area contributed by atoms with Gasteiger partial charge in [-0.2, -0.15) is 0 Å². The van der Waals surface area contributed by atoms with E-state index in [1.165, 1.54) is 12.1 Å². The van der Waals surface area contributed by atoms with Crippen molar-refractivity contribution in [3.63, 3.8) is 0 Å². The summed E-state index contributed by atoms with van der Waals surface area (Å²) in [6.45, 7) is 0. The van der Waals surface area contributed by atoms with E-state index in [2.05, 4.69) is 0 Å². The largest absolute Gasteiger partial charge is 0.508 e. The monoisotopic (exact) mass is 268 g/mol. The molecule has 1 aliphatic rings. The number of carbonyl (C=O) groups is 1. The van der Waals surface area contributed by atoms with E-state index in [0.717, 1.165) is 28.5 Å². The van der Waals surface area contributed by atoms with Gasteiger partial charge in [0.05, 0.1) is 5.92 Å². The third-order valence-corrected chi connectivity index (χ3v) is 3.66. The molecule has 0 amide bonds. The van der Waals surface area contributed by atoms with Crippen molar-refractivity contribution >= 4 is 12.4 Å². The second kappa shape index (κ2) is 4.93. The Hall–Kier alpha value is -2.42. The fraction of sp³-hybridized carbons (Fsp3) is 0.118. The molecule has 0 fully saturated rings. The average molecular weight is 268 g/mol. The Morgan fingerprint density at radius 3 is 2.60 bits per heavy atom. The van der Waals surface area contributed by atoms with Crippen LogP contribution in [0.3, 0.4) is 0 Å². The van der Waals surface area contributed by atoms with Gasteiger partial charge in [-0.3, -0.25) is 0 Å². The lowest BCUT2D eigenvalue weighted by atomic mass is 9.98. The minimum Gasteiger partial charge on any atom is -0.508 e. The maximum absolute atomic E-state index is 12.9. The average Bonchev–Trinajstić information content (AvgIpc) is 2.80. The third-order valence-electron chi connectivity index (χ3n) is 3.66. The van der Waals surface area contributed by atoms with Gasteiger partial charge in [-0.05, 0) is 35.7 Å². The van der Waals surface area contributed by atoms with Crippen molar-refractivity contribution in [3.8, 4) is 5.75 Å². The van der Waals surface area contributed by atoms with Crippen molar-refractivity contribution in [1.82, 2.24) is 0 Å². The summed E-state index contributed by atoms with van der Waals surface area (Å²) in [6, 6.07) is 11.4. The lowest BCUT2D eigenvalue weighted by Crippen LogP contribution is -1.97. The molecule has 3 rings (SSSR count). The SMILES string of the molecule is O=CC1/C(=C/c2ccc(F)cc2)Cc2c(O)cccc21.